The highest BCUT2D eigenvalue weighted by molar-refractivity contribution is 7.07. The molecule has 0 spiro atoms. The normalized spacial score (nSPS) is 13.2. The summed E-state index contributed by atoms with van der Waals surface area (Å²) in [7, 11) is 0. The Morgan fingerprint density at radius 2 is 1.79 bits per heavy atom. The molecule has 2 rings (SSSR count). The third-order valence-corrected chi connectivity index (χ3v) is 4.17. The van der Waals surface area contributed by atoms with Gasteiger partial charge in [-0.25, -0.2) is 0 Å². The second kappa shape index (κ2) is 6.97. The van der Waals surface area contributed by atoms with Gasteiger partial charge in [0, 0.05) is 24.1 Å². The van der Waals surface area contributed by atoms with Crippen LogP contribution in [0.1, 0.15) is 33.3 Å². The number of benzene rings is 1. The molecule has 0 radical (unpaired) electrons. The lowest BCUT2D eigenvalue weighted by molar-refractivity contribution is -0.120. The average molecular weight is 344 g/mol. The van der Waals surface area contributed by atoms with Crippen molar-refractivity contribution < 1.29 is 9.59 Å². The Labute approximate surface area is 143 Å². The Bertz CT molecular complexity index is 928. The van der Waals surface area contributed by atoms with Gasteiger partial charge in [0.1, 0.15) is 0 Å². The second-order valence-electron chi connectivity index (χ2n) is 6.49. The molecule has 1 heterocycles. The molecule has 0 saturated heterocycles. The highest BCUT2D eigenvalue weighted by atomic mass is 32.1. The number of amides is 1. The molecule has 0 atom stereocenters. The summed E-state index contributed by atoms with van der Waals surface area (Å²) in [6.45, 7) is 6.95. The number of Topliss-reactive ketones (excluding diaryl/α,β-unsaturated/α-hetero) is 1. The summed E-state index contributed by atoms with van der Waals surface area (Å²) in [6, 6.07) is 7.17. The van der Waals surface area contributed by atoms with E-state index in [-0.39, 0.29) is 17.2 Å². The number of rotatable bonds is 3. The fourth-order valence-corrected chi connectivity index (χ4v) is 2.76. The summed E-state index contributed by atoms with van der Waals surface area (Å²) in [5, 5.41) is 2.69. The molecule has 1 aromatic carbocycles. The Morgan fingerprint density at radius 3 is 2.33 bits per heavy atom. The lowest BCUT2D eigenvalue weighted by Gasteiger charge is -2.12. The van der Waals surface area contributed by atoms with E-state index in [9.17, 15) is 14.4 Å². The Morgan fingerprint density at radius 1 is 1.17 bits per heavy atom. The van der Waals surface area contributed by atoms with Crippen LogP contribution in [0.25, 0.3) is 12.2 Å². The van der Waals surface area contributed by atoms with Gasteiger partial charge in [0.15, 0.2) is 5.78 Å². The number of thiazole rings is 1. The van der Waals surface area contributed by atoms with Gasteiger partial charge >= 0.3 is 0 Å². The number of carbonyl (C=O) groups excluding carboxylic acids is 2. The van der Waals surface area contributed by atoms with Crippen LogP contribution in [-0.4, -0.2) is 16.7 Å². The maximum absolute atomic E-state index is 12.0. The van der Waals surface area contributed by atoms with Crippen molar-refractivity contribution in [1.82, 2.24) is 4.98 Å². The van der Waals surface area contributed by atoms with Crippen molar-refractivity contribution in [3.8, 4) is 0 Å². The van der Waals surface area contributed by atoms with Crippen LogP contribution in [0.4, 0.5) is 5.69 Å². The molecule has 0 aliphatic rings. The van der Waals surface area contributed by atoms with Gasteiger partial charge in [-0.3, -0.25) is 14.4 Å². The van der Waals surface area contributed by atoms with Gasteiger partial charge in [0.2, 0.25) is 5.91 Å². The van der Waals surface area contributed by atoms with Gasteiger partial charge in [-0.05, 0) is 23.8 Å². The fraction of sp³-hybridized carbons (Fsp3) is 0.278. The molecule has 24 heavy (non-hydrogen) atoms. The standard InChI is InChI=1S/C18H20N2O3S/c1-11(21)19-13-7-5-12(6-8-13)9-14-17(23)20-16(24-14)10-15(22)18(2,3)4/h5-10H,1-4H3,(H,19,21)(H,20,23)/b14-9+,16-10+. The molecule has 0 aliphatic heterocycles. The van der Waals surface area contributed by atoms with E-state index < -0.39 is 5.41 Å². The summed E-state index contributed by atoms with van der Waals surface area (Å²) in [5.41, 5.74) is 0.832. The van der Waals surface area contributed by atoms with Crippen LogP contribution in [-0.2, 0) is 9.59 Å². The van der Waals surface area contributed by atoms with Crippen molar-refractivity contribution in [2.24, 2.45) is 5.41 Å². The van der Waals surface area contributed by atoms with E-state index in [1.807, 2.05) is 32.9 Å². The van der Waals surface area contributed by atoms with Crippen molar-refractivity contribution in [3.05, 3.63) is 49.4 Å². The van der Waals surface area contributed by atoms with Crippen LogP contribution < -0.4 is 20.1 Å². The molecule has 0 aliphatic carbocycles. The van der Waals surface area contributed by atoms with Crippen LogP contribution in [0.5, 0.6) is 0 Å². The predicted molar refractivity (Wildman–Crippen MR) is 97.4 cm³/mol. The van der Waals surface area contributed by atoms with E-state index in [0.29, 0.717) is 14.9 Å². The lowest BCUT2D eigenvalue weighted by atomic mass is 9.91. The summed E-state index contributed by atoms with van der Waals surface area (Å²) in [5.74, 6) is -0.170. The van der Waals surface area contributed by atoms with Crippen LogP contribution in [0, 0.1) is 5.41 Å². The van der Waals surface area contributed by atoms with Gasteiger partial charge in [-0.1, -0.05) is 32.9 Å². The summed E-state index contributed by atoms with van der Waals surface area (Å²) in [4.78, 5) is 37.8. The minimum absolute atomic E-state index is 0.0359. The summed E-state index contributed by atoms with van der Waals surface area (Å²) in [6.07, 6.45) is 3.23. The first kappa shape index (κ1) is 17.9. The molecular weight excluding hydrogens is 324 g/mol. The number of aromatic nitrogens is 1. The van der Waals surface area contributed by atoms with E-state index >= 15 is 0 Å². The maximum atomic E-state index is 12.0. The monoisotopic (exact) mass is 344 g/mol. The van der Waals surface area contributed by atoms with Crippen LogP contribution in [0.2, 0.25) is 0 Å². The first-order chi connectivity index (χ1) is 11.1. The van der Waals surface area contributed by atoms with Crippen molar-refractivity contribution in [2.45, 2.75) is 27.7 Å². The van der Waals surface area contributed by atoms with Crippen LogP contribution >= 0.6 is 11.3 Å². The molecule has 5 nitrogen and oxygen atoms in total. The van der Waals surface area contributed by atoms with Crippen LogP contribution in [0.15, 0.2) is 29.1 Å². The lowest BCUT2D eigenvalue weighted by Crippen LogP contribution is -2.22. The van der Waals surface area contributed by atoms with E-state index in [1.54, 1.807) is 18.2 Å². The van der Waals surface area contributed by atoms with E-state index in [0.717, 1.165) is 5.56 Å². The quantitative estimate of drug-likeness (QED) is 0.888. The van der Waals surface area contributed by atoms with E-state index in [1.165, 1.54) is 24.3 Å². The highest BCUT2D eigenvalue weighted by Gasteiger charge is 2.18. The molecule has 2 N–H and O–H groups in total. The molecule has 1 amide bonds. The summed E-state index contributed by atoms with van der Waals surface area (Å²) >= 11 is 1.24. The third-order valence-electron chi connectivity index (χ3n) is 3.21. The summed E-state index contributed by atoms with van der Waals surface area (Å²) < 4.78 is 1.07. The van der Waals surface area contributed by atoms with E-state index in [4.69, 9.17) is 0 Å². The van der Waals surface area contributed by atoms with Crippen LogP contribution in [0.3, 0.4) is 0 Å². The van der Waals surface area contributed by atoms with Crippen molar-refractivity contribution in [2.75, 3.05) is 5.32 Å². The third kappa shape index (κ3) is 4.76. The smallest absolute Gasteiger partial charge is 0.266 e. The average Bonchev–Trinajstić information content (AvgIpc) is 2.79. The Balaban J connectivity index is 2.35. The predicted octanol–water partition coefficient (Wildman–Crippen LogP) is 1.62. The number of H-pyrrole nitrogens is 1. The fourth-order valence-electron chi connectivity index (χ4n) is 1.88. The number of carbonyl (C=O) groups is 2. The molecule has 2 aromatic rings. The molecule has 126 valence electrons. The van der Waals surface area contributed by atoms with Crippen molar-refractivity contribution in [1.29, 1.82) is 0 Å². The largest absolute Gasteiger partial charge is 0.326 e. The highest BCUT2D eigenvalue weighted by Crippen LogP contribution is 2.14. The topological polar surface area (TPSA) is 79.0 Å². The molecule has 6 heteroatoms. The second-order valence-corrected chi connectivity index (χ2v) is 7.57. The van der Waals surface area contributed by atoms with Gasteiger partial charge in [-0.15, -0.1) is 11.3 Å². The van der Waals surface area contributed by atoms with Gasteiger partial charge < -0.3 is 10.3 Å². The number of nitrogens with one attached hydrogen (secondary N) is 2. The molecule has 0 bridgehead atoms. The number of hydrogen-bond donors (Lipinski definition) is 2. The minimum Gasteiger partial charge on any atom is -0.326 e. The first-order valence-corrected chi connectivity index (χ1v) is 8.31. The maximum Gasteiger partial charge on any atom is 0.266 e. The zero-order valence-electron chi connectivity index (χ0n) is 14.1. The Kier molecular flexibility index (Phi) is 5.19. The molecule has 0 unspecified atom stereocenters. The number of aromatic amines is 1. The van der Waals surface area contributed by atoms with Crippen molar-refractivity contribution in [3.63, 3.8) is 0 Å². The SMILES string of the molecule is CC(=O)Nc1ccc(/C=c2/s/c(=C/C(=O)C(C)(C)C)[nH]c2=O)cc1. The Hall–Kier alpha value is -2.47. The number of hydrogen-bond acceptors (Lipinski definition) is 4. The number of ketones is 1. The van der Waals surface area contributed by atoms with Crippen molar-refractivity contribution >= 4 is 40.9 Å². The zero-order chi connectivity index (χ0) is 17.9. The number of anilines is 1. The molecule has 0 saturated carbocycles. The van der Waals surface area contributed by atoms with E-state index in [2.05, 4.69) is 10.3 Å². The van der Waals surface area contributed by atoms with Gasteiger partial charge in [-0.2, -0.15) is 0 Å². The first-order valence-electron chi connectivity index (χ1n) is 7.50. The van der Waals surface area contributed by atoms with Gasteiger partial charge in [0.25, 0.3) is 5.56 Å². The molecular formula is C18H20N2O3S. The van der Waals surface area contributed by atoms with Gasteiger partial charge in [0.05, 0.1) is 9.20 Å². The zero-order valence-corrected chi connectivity index (χ0v) is 14.9. The molecule has 0 fully saturated rings. The molecule has 1 aromatic heterocycles. The minimum atomic E-state index is -0.482.